The van der Waals surface area contributed by atoms with Crippen LogP contribution in [-0.2, 0) is 19.3 Å². The number of hydroxylamine groups is 4. The van der Waals surface area contributed by atoms with E-state index < -0.39 is 50.7 Å². The third kappa shape index (κ3) is 10.6. The lowest BCUT2D eigenvalue weighted by Gasteiger charge is -2.61. The van der Waals surface area contributed by atoms with Crippen LogP contribution < -0.4 is 0 Å². The predicted molar refractivity (Wildman–Crippen MR) is 180 cm³/mol. The fraction of sp³-hybridized carbons (Fsp3) is 0.944. The first-order valence-electron chi connectivity index (χ1n) is 17.4. The Balaban J connectivity index is 2.51. The maximum absolute atomic E-state index is 14.0. The summed E-state index contributed by atoms with van der Waals surface area (Å²) in [5.41, 5.74) is -4.97. The standard InChI is InChI=1S/C36H68N2O8/c1-30(2)20-26(21-31(3,4)37(30)45-24-34(9,10)43)36(29(41)42,19-17-15-13-14-16-18-28(39)40)27-22-32(5,6)38(33(7,8)23-27)46-25-35(11,12)44/h26-27,43-44H,13-25H2,1-12H3,(H,39,40)(H,41,42). The largest absolute Gasteiger partial charge is 0.481 e. The van der Waals surface area contributed by atoms with Gasteiger partial charge < -0.3 is 20.4 Å². The van der Waals surface area contributed by atoms with E-state index in [-0.39, 0.29) is 31.5 Å². The normalized spacial score (nSPS) is 23.0. The average Bonchev–Trinajstić information content (AvgIpc) is 2.80. The highest BCUT2D eigenvalue weighted by Crippen LogP contribution is 2.58. The first-order chi connectivity index (χ1) is 20.7. The van der Waals surface area contributed by atoms with Crippen LogP contribution in [0, 0.1) is 17.3 Å². The highest BCUT2D eigenvalue weighted by atomic mass is 16.7. The summed E-state index contributed by atoms with van der Waals surface area (Å²) < 4.78 is 0. The number of piperidine rings is 2. The molecule has 2 aliphatic heterocycles. The molecule has 2 saturated heterocycles. The minimum Gasteiger partial charge on any atom is -0.481 e. The lowest BCUT2D eigenvalue weighted by atomic mass is 9.52. The Hall–Kier alpha value is -1.30. The SMILES string of the molecule is CC(C)(O)CON1C(C)(C)CC(C(CCCCCCCC(=O)O)(C(=O)O)C2CC(C)(C)N(OCC(C)(C)O)C(C)(C)C2)CC1(C)C. The summed E-state index contributed by atoms with van der Waals surface area (Å²) in [4.78, 5) is 37.5. The van der Waals surface area contributed by atoms with E-state index in [1.807, 2.05) is 10.1 Å². The first kappa shape index (κ1) is 40.9. The minimum absolute atomic E-state index is 0.135. The van der Waals surface area contributed by atoms with Crippen LogP contribution in [0.25, 0.3) is 0 Å². The molecule has 10 nitrogen and oxygen atoms in total. The van der Waals surface area contributed by atoms with E-state index >= 15 is 0 Å². The van der Waals surface area contributed by atoms with Gasteiger partial charge in [0, 0.05) is 28.6 Å². The summed E-state index contributed by atoms with van der Waals surface area (Å²) in [6, 6.07) is 0. The van der Waals surface area contributed by atoms with Gasteiger partial charge in [-0.15, -0.1) is 0 Å². The molecule has 0 aliphatic carbocycles. The minimum atomic E-state index is -1.01. The molecule has 46 heavy (non-hydrogen) atoms. The number of hydrogen-bond acceptors (Lipinski definition) is 8. The molecule has 0 aromatic carbocycles. The summed E-state index contributed by atoms with van der Waals surface area (Å²) in [5, 5.41) is 45.3. The predicted octanol–water partition coefficient (Wildman–Crippen LogP) is 6.82. The van der Waals surface area contributed by atoms with Crippen LogP contribution in [0.5, 0.6) is 0 Å². The fourth-order valence-electron chi connectivity index (χ4n) is 8.82. The van der Waals surface area contributed by atoms with Crippen LogP contribution >= 0.6 is 0 Å². The third-order valence-corrected chi connectivity index (χ3v) is 10.1. The van der Waals surface area contributed by atoms with Crippen LogP contribution in [0.2, 0.25) is 0 Å². The van der Waals surface area contributed by atoms with E-state index in [9.17, 15) is 24.9 Å². The Bertz CT molecular complexity index is 930. The molecule has 0 spiro atoms. The van der Waals surface area contributed by atoms with Gasteiger partial charge in [-0.1, -0.05) is 25.7 Å². The molecule has 0 aromatic rings. The molecule has 270 valence electrons. The number of nitrogens with zero attached hydrogens (tertiary/aromatic N) is 2. The van der Waals surface area contributed by atoms with Crippen molar-refractivity contribution < 1.29 is 39.7 Å². The number of carboxylic acids is 2. The highest BCUT2D eigenvalue weighted by Gasteiger charge is 2.62. The van der Waals surface area contributed by atoms with Gasteiger partial charge in [0.15, 0.2) is 0 Å². The first-order valence-corrected chi connectivity index (χ1v) is 17.4. The lowest BCUT2D eigenvalue weighted by Crippen LogP contribution is -2.67. The molecule has 0 bridgehead atoms. The van der Waals surface area contributed by atoms with Crippen molar-refractivity contribution in [2.45, 2.75) is 187 Å². The molecule has 0 radical (unpaired) electrons. The molecule has 2 rings (SSSR count). The van der Waals surface area contributed by atoms with E-state index in [0.29, 0.717) is 38.5 Å². The van der Waals surface area contributed by atoms with Gasteiger partial charge in [-0.2, -0.15) is 10.1 Å². The summed E-state index contributed by atoms with van der Waals surface area (Å²) in [7, 11) is 0. The molecule has 0 unspecified atom stereocenters. The quantitative estimate of drug-likeness (QED) is 0.123. The number of carbonyl (C=O) groups is 2. The molecule has 0 saturated carbocycles. The molecule has 0 aromatic heterocycles. The Morgan fingerprint density at radius 3 is 1.26 bits per heavy atom. The van der Waals surface area contributed by atoms with Crippen molar-refractivity contribution in [3.63, 3.8) is 0 Å². The molecule has 2 aliphatic rings. The summed E-state index contributed by atoms with van der Waals surface area (Å²) in [6.07, 6.45) is 7.17. The van der Waals surface area contributed by atoms with E-state index in [4.69, 9.17) is 14.8 Å². The number of aliphatic carboxylic acids is 2. The van der Waals surface area contributed by atoms with Gasteiger partial charge in [-0.05, 0) is 133 Å². The van der Waals surface area contributed by atoms with Crippen LogP contribution in [0.15, 0.2) is 0 Å². The average molecular weight is 657 g/mol. The van der Waals surface area contributed by atoms with Gasteiger partial charge in [0.05, 0.1) is 29.8 Å². The number of aliphatic hydroxyl groups is 2. The van der Waals surface area contributed by atoms with Gasteiger partial charge in [-0.3, -0.25) is 19.3 Å². The second-order valence-corrected chi connectivity index (χ2v) is 18.2. The van der Waals surface area contributed by atoms with Crippen LogP contribution in [0.3, 0.4) is 0 Å². The van der Waals surface area contributed by atoms with E-state index in [2.05, 4.69) is 55.4 Å². The zero-order chi connectivity index (χ0) is 35.6. The maximum Gasteiger partial charge on any atom is 0.310 e. The summed E-state index contributed by atoms with van der Waals surface area (Å²) in [5.74, 6) is -1.80. The molecule has 4 N–H and O–H groups in total. The lowest BCUT2D eigenvalue weighted by molar-refractivity contribution is -0.318. The monoisotopic (exact) mass is 656 g/mol. The van der Waals surface area contributed by atoms with E-state index in [1.54, 1.807) is 27.7 Å². The van der Waals surface area contributed by atoms with Gasteiger partial charge in [-0.25, -0.2) is 0 Å². The van der Waals surface area contributed by atoms with Crippen LogP contribution in [0.4, 0.5) is 0 Å². The smallest absolute Gasteiger partial charge is 0.310 e. The van der Waals surface area contributed by atoms with Gasteiger partial charge in [0.1, 0.15) is 0 Å². The molecular formula is C36H68N2O8. The molecule has 0 atom stereocenters. The Morgan fingerprint density at radius 2 is 0.957 bits per heavy atom. The van der Waals surface area contributed by atoms with Crippen molar-refractivity contribution in [3.8, 4) is 0 Å². The van der Waals surface area contributed by atoms with Gasteiger partial charge in [0.2, 0.25) is 0 Å². The molecule has 0 amide bonds. The zero-order valence-electron chi connectivity index (χ0n) is 31.2. The van der Waals surface area contributed by atoms with Crippen molar-refractivity contribution in [1.29, 1.82) is 0 Å². The van der Waals surface area contributed by atoms with E-state index in [0.717, 1.165) is 25.7 Å². The number of rotatable bonds is 17. The number of carboxylic acid groups (broad SMARTS) is 2. The molecule has 10 heteroatoms. The number of unbranched alkanes of at least 4 members (excludes halogenated alkanes) is 4. The van der Waals surface area contributed by atoms with Crippen molar-refractivity contribution >= 4 is 11.9 Å². The van der Waals surface area contributed by atoms with Gasteiger partial charge >= 0.3 is 11.9 Å². The molecular weight excluding hydrogens is 588 g/mol. The Labute approximate surface area is 279 Å². The van der Waals surface area contributed by atoms with Crippen LogP contribution in [-0.4, -0.2) is 89.1 Å². The fourth-order valence-corrected chi connectivity index (χ4v) is 8.82. The number of hydrogen-bond donors (Lipinski definition) is 4. The van der Waals surface area contributed by atoms with E-state index in [1.165, 1.54) is 0 Å². The van der Waals surface area contributed by atoms with Crippen molar-refractivity contribution in [1.82, 2.24) is 10.1 Å². The topological polar surface area (TPSA) is 140 Å². The molecule has 2 heterocycles. The third-order valence-electron chi connectivity index (χ3n) is 10.1. The molecule has 2 fully saturated rings. The second kappa shape index (κ2) is 14.7. The van der Waals surface area contributed by atoms with Crippen molar-refractivity contribution in [2.75, 3.05) is 13.2 Å². The maximum atomic E-state index is 14.0. The van der Waals surface area contributed by atoms with Gasteiger partial charge in [0.25, 0.3) is 0 Å². The summed E-state index contributed by atoms with van der Waals surface area (Å²) >= 11 is 0. The Morgan fingerprint density at radius 1 is 0.630 bits per heavy atom. The highest BCUT2D eigenvalue weighted by molar-refractivity contribution is 5.76. The zero-order valence-corrected chi connectivity index (χ0v) is 31.2. The summed E-state index contributed by atoms with van der Waals surface area (Å²) in [6.45, 7) is 24.1. The van der Waals surface area contributed by atoms with Crippen molar-refractivity contribution in [2.24, 2.45) is 17.3 Å². The second-order valence-electron chi connectivity index (χ2n) is 18.2. The van der Waals surface area contributed by atoms with Crippen molar-refractivity contribution in [3.05, 3.63) is 0 Å². The van der Waals surface area contributed by atoms with Crippen LogP contribution in [0.1, 0.15) is 154 Å². The Kier molecular flexibility index (Phi) is 13.0.